The third-order valence-corrected chi connectivity index (χ3v) is 17.8. The maximum atomic E-state index is 14.6. The molecule has 0 saturated heterocycles. The molecule has 8 rings (SSSR count). The van der Waals surface area contributed by atoms with Gasteiger partial charge in [-0.3, -0.25) is 4.79 Å². The average molecular weight is 1740 g/mol. The zero-order valence-corrected chi connectivity index (χ0v) is 71.4. The quantitative estimate of drug-likeness (QED) is 0.0138. The van der Waals surface area contributed by atoms with E-state index in [4.69, 9.17) is 145 Å². The summed E-state index contributed by atoms with van der Waals surface area (Å²) in [6, 6.07) is 26.1. The fourth-order valence-electron chi connectivity index (χ4n) is 11.8. The molecule has 0 atom stereocenters. The molecular formula is C86H119N3O32S. The highest BCUT2D eigenvalue weighted by atomic mass is 32.1. The van der Waals surface area contributed by atoms with Gasteiger partial charge in [-0.1, -0.05) is 6.07 Å². The number of phenolic OH excluding ortho intramolecular Hbond substituents is 2. The van der Waals surface area contributed by atoms with Gasteiger partial charge in [0.1, 0.15) is 87.4 Å². The Labute approximate surface area is 717 Å². The second kappa shape index (κ2) is 59.0. The maximum Gasteiger partial charge on any atom is 0.340 e. The molecule has 0 fully saturated rings. The summed E-state index contributed by atoms with van der Waals surface area (Å²) in [4.78, 5) is 28.6. The summed E-state index contributed by atoms with van der Waals surface area (Å²) in [7, 11) is 9.63. The number of hydrogen-bond donors (Lipinski definition) is 5. The van der Waals surface area contributed by atoms with Crippen LogP contribution in [0.5, 0.6) is 69.0 Å². The standard InChI is InChI=1S/C86H119N3O32S/c1-94-15-21-100-27-33-106-39-45-112-77-51-63(52-78(113-46-40-107-34-28-101-22-16-95-2)81(77)116-49-43-110-37-31-104-25-19-98-5)61-118-69-55-65(83(92)87-13-14-88-85(122)89-66-7-10-72-71(57-66)84(93)121-86(72)73-11-8-67(90)58-75(73)120-76-59-68(91)9-12-74(76)86)56-70(60-69)119-62-64-53-79(114-47-41-108-35-29-102-23-17-96-3)82(117-50-44-111-38-32-105-26-20-99-6)80(54-64)115-48-42-109-36-30-103-24-18-97-4/h7-12,51-60,90-91H,13-50,61-62H2,1-6H3,(H,87,92)(H2,88,89,122). The van der Waals surface area contributed by atoms with Gasteiger partial charge >= 0.3 is 5.97 Å². The van der Waals surface area contributed by atoms with Gasteiger partial charge in [-0.15, -0.1) is 0 Å². The molecule has 676 valence electrons. The van der Waals surface area contributed by atoms with Gasteiger partial charge in [0.2, 0.25) is 11.5 Å². The zero-order valence-electron chi connectivity index (χ0n) is 70.6. The highest BCUT2D eigenvalue weighted by Gasteiger charge is 2.54. The van der Waals surface area contributed by atoms with Crippen LogP contribution in [-0.4, -0.2) is 321 Å². The van der Waals surface area contributed by atoms with Crippen LogP contribution >= 0.6 is 12.2 Å². The van der Waals surface area contributed by atoms with Crippen molar-refractivity contribution in [2.45, 2.75) is 18.8 Å². The lowest BCUT2D eigenvalue weighted by Crippen LogP contribution is -2.36. The van der Waals surface area contributed by atoms with Crippen LogP contribution in [0, 0.1) is 0 Å². The third-order valence-electron chi connectivity index (χ3n) is 17.6. The number of carbonyl (C=O) groups excluding carboxylic acids is 2. The molecule has 122 heavy (non-hydrogen) atoms. The normalized spacial score (nSPS) is 12.3. The van der Waals surface area contributed by atoms with Crippen LogP contribution in [0.1, 0.15) is 48.5 Å². The van der Waals surface area contributed by atoms with Crippen molar-refractivity contribution in [2.24, 2.45) is 0 Å². The van der Waals surface area contributed by atoms with Crippen LogP contribution in [0.4, 0.5) is 5.69 Å². The number of carbonyl (C=O) groups is 2. The molecule has 0 radical (unpaired) electrons. The van der Waals surface area contributed by atoms with E-state index in [9.17, 15) is 19.8 Å². The summed E-state index contributed by atoms with van der Waals surface area (Å²) < 4.78 is 164. The Morgan fingerprint density at radius 2 is 0.664 bits per heavy atom. The second-order valence-corrected chi connectivity index (χ2v) is 26.8. The predicted octanol–water partition coefficient (Wildman–Crippen LogP) is 7.89. The Balaban J connectivity index is 1.06. The first-order valence-corrected chi connectivity index (χ1v) is 40.8. The fourth-order valence-corrected chi connectivity index (χ4v) is 12.0. The molecule has 2 aliphatic heterocycles. The first kappa shape index (κ1) is 98.5. The number of ether oxygens (including phenoxy) is 28. The molecule has 0 saturated carbocycles. The van der Waals surface area contributed by atoms with E-state index in [0.29, 0.717) is 215 Å². The topological polar surface area (TPSA) is 369 Å². The van der Waals surface area contributed by atoms with Crippen molar-refractivity contribution in [3.63, 3.8) is 0 Å². The lowest BCUT2D eigenvalue weighted by atomic mass is 9.77. The van der Waals surface area contributed by atoms with Crippen LogP contribution in [0.25, 0.3) is 0 Å². The molecule has 1 amide bonds. The first-order chi connectivity index (χ1) is 59.9. The molecule has 6 aromatic rings. The Bertz CT molecular complexity index is 3700. The number of amides is 1. The van der Waals surface area contributed by atoms with Gasteiger partial charge in [0.25, 0.3) is 5.91 Å². The Morgan fingerprint density at radius 1 is 0.352 bits per heavy atom. The fraction of sp³-hybridized carbons (Fsp3) is 0.547. The first-order valence-electron chi connectivity index (χ1n) is 40.3. The molecule has 0 aliphatic carbocycles. The van der Waals surface area contributed by atoms with Gasteiger partial charge in [-0.25, -0.2) is 4.79 Å². The number of rotatable bonds is 71. The highest BCUT2D eigenvalue weighted by Crippen LogP contribution is 2.57. The van der Waals surface area contributed by atoms with Crippen molar-refractivity contribution in [1.29, 1.82) is 0 Å². The third kappa shape index (κ3) is 35.0. The monoisotopic (exact) mass is 1740 g/mol. The molecule has 5 N–H and O–H groups in total. The van der Waals surface area contributed by atoms with Crippen LogP contribution < -0.4 is 58.6 Å². The van der Waals surface area contributed by atoms with Gasteiger partial charge < -0.3 is 159 Å². The van der Waals surface area contributed by atoms with E-state index in [1.165, 1.54) is 24.3 Å². The van der Waals surface area contributed by atoms with Gasteiger partial charge in [0.15, 0.2) is 33.7 Å². The molecule has 0 bridgehead atoms. The van der Waals surface area contributed by atoms with Crippen molar-refractivity contribution in [3.8, 4) is 69.0 Å². The lowest BCUT2D eigenvalue weighted by molar-refractivity contribution is 0.0146. The van der Waals surface area contributed by atoms with E-state index in [-0.39, 0.29) is 168 Å². The van der Waals surface area contributed by atoms with Crippen LogP contribution in [0.2, 0.25) is 0 Å². The lowest BCUT2D eigenvalue weighted by Gasteiger charge is -2.36. The van der Waals surface area contributed by atoms with E-state index in [2.05, 4.69) is 16.0 Å². The Morgan fingerprint density at radius 3 is 1.01 bits per heavy atom. The van der Waals surface area contributed by atoms with E-state index in [0.717, 1.165) is 0 Å². The van der Waals surface area contributed by atoms with E-state index < -0.39 is 17.5 Å². The summed E-state index contributed by atoms with van der Waals surface area (Å²) in [5, 5.41) is 30.3. The molecule has 35 nitrogen and oxygen atoms in total. The number of nitrogens with one attached hydrogen (secondary N) is 3. The number of benzene rings is 6. The van der Waals surface area contributed by atoms with Crippen molar-refractivity contribution in [3.05, 3.63) is 136 Å². The number of esters is 1. The molecule has 0 aromatic heterocycles. The van der Waals surface area contributed by atoms with Crippen LogP contribution in [-0.2, 0) is 109 Å². The zero-order chi connectivity index (χ0) is 86.3. The van der Waals surface area contributed by atoms with Gasteiger partial charge in [0.05, 0.1) is 204 Å². The number of anilines is 1. The molecule has 6 aromatic carbocycles. The second-order valence-electron chi connectivity index (χ2n) is 26.4. The molecule has 36 heteroatoms. The largest absolute Gasteiger partial charge is 0.508 e. The molecule has 0 unspecified atom stereocenters. The van der Waals surface area contributed by atoms with E-state index in [1.54, 1.807) is 115 Å². The number of aromatic hydroxyl groups is 2. The van der Waals surface area contributed by atoms with Gasteiger partial charge in [0, 0.05) is 102 Å². The molecule has 2 heterocycles. The van der Waals surface area contributed by atoms with Crippen molar-refractivity contribution >= 4 is 34.9 Å². The smallest absolute Gasteiger partial charge is 0.340 e. The summed E-state index contributed by atoms with van der Waals surface area (Å²) >= 11 is 5.76. The highest BCUT2D eigenvalue weighted by molar-refractivity contribution is 7.80. The van der Waals surface area contributed by atoms with Crippen LogP contribution in [0.15, 0.2) is 97.1 Å². The number of hydrogen-bond acceptors (Lipinski definition) is 33. The van der Waals surface area contributed by atoms with Gasteiger partial charge in [-0.05, 0) is 96.1 Å². The summed E-state index contributed by atoms with van der Waals surface area (Å²) in [6.45, 7) is 11.1. The van der Waals surface area contributed by atoms with Crippen molar-refractivity contribution in [2.75, 3.05) is 299 Å². The Hall–Kier alpha value is -8.97. The maximum absolute atomic E-state index is 14.6. The predicted molar refractivity (Wildman–Crippen MR) is 447 cm³/mol. The minimum absolute atomic E-state index is 0.0670. The summed E-state index contributed by atoms with van der Waals surface area (Å²) in [6.07, 6.45) is 0. The van der Waals surface area contributed by atoms with Crippen molar-refractivity contribution in [1.82, 2.24) is 10.6 Å². The minimum atomic E-state index is -1.47. The van der Waals surface area contributed by atoms with Gasteiger partial charge in [-0.2, -0.15) is 0 Å². The number of phenols is 2. The average Bonchev–Trinajstić information content (AvgIpc) is 1.48. The molecule has 1 spiro atoms. The van der Waals surface area contributed by atoms with E-state index in [1.807, 2.05) is 0 Å². The SMILES string of the molecule is COCCOCCOCCOc1cc(COc2cc(OCc3cc(OCCOCCOCCOC)c(OCCOCCOCCOC)c(OCCOCCOCCOC)c3)cc(C(=O)NCCNC(=S)Nc3ccc4c(c3)C(=O)OC43c4ccc(O)cc4Oc4cc(O)ccc43)c2)cc(OCCOCCOCCOC)c1OCCOCCOCCOC. The van der Waals surface area contributed by atoms with Crippen molar-refractivity contribution < 1.29 is 152 Å². The summed E-state index contributed by atoms with van der Waals surface area (Å²) in [5.74, 6) is 1.51. The van der Waals surface area contributed by atoms with E-state index >= 15 is 0 Å². The number of fused-ring (bicyclic) bond motifs is 6. The summed E-state index contributed by atoms with van der Waals surface area (Å²) in [5.41, 5.74) is 2.01. The Kier molecular flexibility index (Phi) is 47.6. The molecular weight excluding hydrogens is 1620 g/mol. The number of methoxy groups -OCH3 is 6. The van der Waals surface area contributed by atoms with Crippen LogP contribution in [0.3, 0.4) is 0 Å². The minimum Gasteiger partial charge on any atom is -0.508 e. The number of thiocarbonyl (C=S) groups is 1. The molecule has 2 aliphatic rings.